The number of hydrogen-bond donors (Lipinski definition) is 1. The maximum atomic E-state index is 13.9. The molecule has 1 unspecified atom stereocenters. The summed E-state index contributed by atoms with van der Waals surface area (Å²) in [5, 5.41) is 11.1. The molecule has 1 fully saturated rings. The van der Waals surface area contributed by atoms with Crippen molar-refractivity contribution in [2.45, 2.75) is 13.1 Å². The third kappa shape index (κ3) is 2.83. The van der Waals surface area contributed by atoms with Crippen LogP contribution in [0.4, 0.5) is 8.78 Å². The first-order valence-electron chi connectivity index (χ1n) is 7.26. The lowest BCUT2D eigenvalue weighted by Gasteiger charge is -2.27. The molecule has 1 atom stereocenters. The largest absolute Gasteiger partial charge is 0.315 e. The molecule has 1 aliphatic rings. The molecule has 2 aromatic carbocycles. The highest BCUT2D eigenvalue weighted by Gasteiger charge is 2.37. The average Bonchev–Trinajstić information content (AvgIpc) is 2.89. The lowest BCUT2D eigenvalue weighted by Crippen LogP contribution is -2.35. The van der Waals surface area contributed by atoms with Crippen molar-refractivity contribution in [1.82, 2.24) is 9.96 Å². The number of aryl methyl sites for hydroxylation is 1. The molecule has 1 heterocycles. The number of nitrogens with zero attached hydrogens (tertiary/aromatic N) is 2. The molecule has 1 saturated heterocycles. The number of carbonyl (C=O) groups is 1. The van der Waals surface area contributed by atoms with Crippen LogP contribution in [0.5, 0.6) is 0 Å². The van der Waals surface area contributed by atoms with Crippen molar-refractivity contribution in [3.8, 4) is 0 Å². The van der Waals surface area contributed by atoms with Crippen molar-refractivity contribution < 1.29 is 18.8 Å². The van der Waals surface area contributed by atoms with Gasteiger partial charge in [0.15, 0.2) is 0 Å². The van der Waals surface area contributed by atoms with Gasteiger partial charge in [-0.05, 0) is 24.6 Å². The fraction of sp³-hybridized carbons (Fsp3) is 0.235. The Hall–Kier alpha value is -2.31. The van der Waals surface area contributed by atoms with Gasteiger partial charge in [-0.3, -0.25) is 4.79 Å². The predicted octanol–water partition coefficient (Wildman–Crippen LogP) is 3.12. The van der Waals surface area contributed by atoms with Crippen molar-refractivity contribution in [1.29, 1.82) is 0 Å². The molecule has 4 nitrogen and oxygen atoms in total. The van der Waals surface area contributed by atoms with Crippen LogP contribution in [-0.2, 0) is 0 Å². The van der Waals surface area contributed by atoms with Crippen LogP contribution in [-0.4, -0.2) is 34.2 Å². The van der Waals surface area contributed by atoms with Gasteiger partial charge >= 0.3 is 0 Å². The Morgan fingerprint density at radius 1 is 1.09 bits per heavy atom. The van der Waals surface area contributed by atoms with Crippen molar-refractivity contribution in [3.63, 3.8) is 0 Å². The highest BCUT2D eigenvalue weighted by molar-refractivity contribution is 5.95. The molecule has 1 amide bonds. The zero-order valence-corrected chi connectivity index (χ0v) is 12.5. The van der Waals surface area contributed by atoms with E-state index >= 15 is 0 Å². The van der Waals surface area contributed by atoms with Crippen molar-refractivity contribution in [3.05, 3.63) is 70.8 Å². The van der Waals surface area contributed by atoms with Crippen LogP contribution in [0.15, 0.2) is 42.5 Å². The minimum Gasteiger partial charge on any atom is -0.315 e. The first kappa shape index (κ1) is 15.6. The summed E-state index contributed by atoms with van der Waals surface area (Å²) < 4.78 is 27.7. The monoisotopic (exact) mass is 318 g/mol. The van der Waals surface area contributed by atoms with E-state index in [1.165, 1.54) is 11.0 Å². The normalized spacial score (nSPS) is 18.4. The zero-order chi connectivity index (χ0) is 16.6. The number of halogens is 2. The number of benzene rings is 2. The molecule has 23 heavy (non-hydrogen) atoms. The van der Waals surface area contributed by atoms with Crippen LogP contribution in [0.3, 0.4) is 0 Å². The van der Waals surface area contributed by atoms with Gasteiger partial charge < -0.3 is 10.1 Å². The Bertz CT molecular complexity index is 714. The van der Waals surface area contributed by atoms with Gasteiger partial charge in [0.05, 0.1) is 0 Å². The molecule has 1 N–H and O–H groups in total. The van der Waals surface area contributed by atoms with Gasteiger partial charge in [-0.25, -0.2) is 8.78 Å². The van der Waals surface area contributed by atoms with Gasteiger partial charge in [0.25, 0.3) is 5.91 Å². The number of carbonyl (C=O) groups excluding carboxylic acids is 1. The van der Waals surface area contributed by atoms with E-state index in [1.807, 2.05) is 19.1 Å². The first-order valence-corrected chi connectivity index (χ1v) is 7.26. The first-order chi connectivity index (χ1) is 11.0. The minimum atomic E-state index is -0.908. The standard InChI is InChI=1S/C17H16F2N2O2/c1-11-5-7-12(8-6-11)16-20(9-10-21(16)23)17(22)15-13(18)3-2-4-14(15)19/h2-8,16,23H,9-10H2,1H3. The average molecular weight is 318 g/mol. The Morgan fingerprint density at radius 2 is 1.70 bits per heavy atom. The van der Waals surface area contributed by atoms with Crippen LogP contribution in [0.25, 0.3) is 0 Å². The summed E-state index contributed by atoms with van der Waals surface area (Å²) in [4.78, 5) is 13.9. The fourth-order valence-electron chi connectivity index (χ4n) is 2.76. The number of rotatable bonds is 2. The maximum absolute atomic E-state index is 13.9. The molecule has 0 saturated carbocycles. The van der Waals surface area contributed by atoms with E-state index in [2.05, 4.69) is 0 Å². The molecule has 0 radical (unpaired) electrons. The van der Waals surface area contributed by atoms with Gasteiger partial charge in [0.1, 0.15) is 23.4 Å². The van der Waals surface area contributed by atoms with Crippen molar-refractivity contribution in [2.24, 2.45) is 0 Å². The predicted molar refractivity (Wildman–Crippen MR) is 79.8 cm³/mol. The number of amides is 1. The van der Waals surface area contributed by atoms with Crippen LogP contribution in [0.1, 0.15) is 27.7 Å². The lowest BCUT2D eigenvalue weighted by molar-refractivity contribution is -0.122. The van der Waals surface area contributed by atoms with Crippen LogP contribution in [0, 0.1) is 18.6 Å². The van der Waals surface area contributed by atoms with Crippen LogP contribution in [0.2, 0.25) is 0 Å². The second-order valence-electron chi connectivity index (χ2n) is 5.54. The van der Waals surface area contributed by atoms with E-state index in [-0.39, 0.29) is 13.1 Å². The second kappa shape index (κ2) is 6.06. The van der Waals surface area contributed by atoms with Crippen molar-refractivity contribution in [2.75, 3.05) is 13.1 Å². The molecule has 2 aromatic rings. The molecule has 0 bridgehead atoms. The molecule has 120 valence electrons. The molecule has 6 heteroatoms. The van der Waals surface area contributed by atoms with Crippen molar-refractivity contribution >= 4 is 5.91 Å². The quantitative estimate of drug-likeness (QED) is 0.925. The maximum Gasteiger partial charge on any atom is 0.261 e. The highest BCUT2D eigenvalue weighted by atomic mass is 19.1. The van der Waals surface area contributed by atoms with Gasteiger partial charge in [-0.2, -0.15) is 5.06 Å². The summed E-state index contributed by atoms with van der Waals surface area (Å²) >= 11 is 0. The number of hydrogen-bond acceptors (Lipinski definition) is 3. The molecule has 1 aliphatic heterocycles. The van der Waals surface area contributed by atoms with Gasteiger partial charge in [0, 0.05) is 13.1 Å². The Kier molecular flexibility index (Phi) is 4.11. The van der Waals surface area contributed by atoms with E-state index in [9.17, 15) is 18.8 Å². The van der Waals surface area contributed by atoms with E-state index in [4.69, 9.17) is 0 Å². The Morgan fingerprint density at radius 3 is 2.30 bits per heavy atom. The number of hydroxylamine groups is 2. The molecular weight excluding hydrogens is 302 g/mol. The molecular formula is C17H16F2N2O2. The van der Waals surface area contributed by atoms with Crippen LogP contribution >= 0.6 is 0 Å². The molecule has 0 aliphatic carbocycles. The third-order valence-corrected chi connectivity index (χ3v) is 3.96. The summed E-state index contributed by atoms with van der Waals surface area (Å²) in [6.45, 7) is 2.31. The highest BCUT2D eigenvalue weighted by Crippen LogP contribution is 2.31. The Balaban J connectivity index is 1.97. The molecule has 3 rings (SSSR count). The fourth-order valence-corrected chi connectivity index (χ4v) is 2.76. The van der Waals surface area contributed by atoms with E-state index in [1.54, 1.807) is 12.1 Å². The summed E-state index contributed by atoms with van der Waals surface area (Å²) in [5.41, 5.74) is 1.12. The van der Waals surface area contributed by atoms with Gasteiger partial charge in [-0.15, -0.1) is 0 Å². The third-order valence-electron chi connectivity index (χ3n) is 3.96. The summed E-state index contributed by atoms with van der Waals surface area (Å²) in [6.07, 6.45) is -0.762. The smallest absolute Gasteiger partial charge is 0.261 e. The van der Waals surface area contributed by atoms with E-state index in [0.29, 0.717) is 5.56 Å². The zero-order valence-electron chi connectivity index (χ0n) is 12.5. The Labute approximate surface area is 132 Å². The van der Waals surface area contributed by atoms with E-state index < -0.39 is 29.3 Å². The molecule has 0 spiro atoms. The summed E-state index contributed by atoms with van der Waals surface area (Å²) in [7, 11) is 0. The topological polar surface area (TPSA) is 43.8 Å². The van der Waals surface area contributed by atoms with Crippen LogP contribution < -0.4 is 0 Å². The minimum absolute atomic E-state index is 0.182. The summed E-state index contributed by atoms with van der Waals surface area (Å²) in [6, 6.07) is 10.6. The van der Waals surface area contributed by atoms with Gasteiger partial charge in [0.2, 0.25) is 0 Å². The van der Waals surface area contributed by atoms with Gasteiger partial charge in [-0.1, -0.05) is 35.9 Å². The molecule has 0 aromatic heterocycles. The second-order valence-corrected chi connectivity index (χ2v) is 5.54. The lowest BCUT2D eigenvalue weighted by atomic mass is 10.1. The SMILES string of the molecule is Cc1ccc(C2N(O)CCN2C(=O)c2c(F)cccc2F)cc1. The summed E-state index contributed by atoms with van der Waals surface area (Å²) in [5.74, 6) is -2.59. The van der Waals surface area contributed by atoms with E-state index in [0.717, 1.165) is 22.8 Å².